The Kier molecular flexibility index (Phi) is 7.03. The molecular weight excluding hydrogens is 478 g/mol. The Labute approximate surface area is 196 Å². The van der Waals surface area contributed by atoms with Crippen LogP contribution < -0.4 is 10.6 Å². The van der Waals surface area contributed by atoms with E-state index in [1.165, 1.54) is 12.1 Å². The van der Waals surface area contributed by atoms with Crippen LogP contribution in [0.25, 0.3) is 10.9 Å². The SMILES string of the molecule is O=C(CC1CCOCC1)NC(=Nc1n[nH]c2cc(C(F)(F)F)ccc12)Nc1cc(F)cc(Cl)c1. The highest BCUT2D eigenvalue weighted by Gasteiger charge is 2.31. The molecule has 0 saturated carbocycles. The molecule has 2 aromatic carbocycles. The Balaban J connectivity index is 1.63. The van der Waals surface area contributed by atoms with Crippen LogP contribution in [0.2, 0.25) is 5.02 Å². The molecule has 3 N–H and O–H groups in total. The van der Waals surface area contributed by atoms with Crippen LogP contribution in [0.4, 0.5) is 29.1 Å². The lowest BCUT2D eigenvalue weighted by molar-refractivity contribution is -0.137. The average molecular weight is 498 g/mol. The predicted molar refractivity (Wildman–Crippen MR) is 120 cm³/mol. The van der Waals surface area contributed by atoms with Crippen molar-refractivity contribution in [2.75, 3.05) is 18.5 Å². The average Bonchev–Trinajstić information content (AvgIpc) is 3.15. The number of nitrogens with zero attached hydrogens (tertiary/aromatic N) is 2. The van der Waals surface area contributed by atoms with Gasteiger partial charge >= 0.3 is 6.18 Å². The molecule has 12 heteroatoms. The van der Waals surface area contributed by atoms with E-state index in [1.54, 1.807) is 0 Å². The molecule has 1 aromatic heterocycles. The Morgan fingerprint density at radius 2 is 1.97 bits per heavy atom. The molecule has 0 spiro atoms. The van der Waals surface area contributed by atoms with Crippen molar-refractivity contribution in [3.05, 3.63) is 52.8 Å². The monoisotopic (exact) mass is 497 g/mol. The van der Waals surface area contributed by atoms with Crippen LogP contribution in [0.15, 0.2) is 41.4 Å². The molecule has 7 nitrogen and oxygen atoms in total. The van der Waals surface area contributed by atoms with Crippen LogP contribution in [-0.2, 0) is 15.7 Å². The lowest BCUT2D eigenvalue weighted by Gasteiger charge is -2.21. The molecule has 1 amide bonds. The number of hydrogen-bond donors (Lipinski definition) is 3. The third kappa shape index (κ3) is 6.03. The number of hydrogen-bond acceptors (Lipinski definition) is 4. The van der Waals surface area contributed by atoms with Crippen molar-refractivity contribution in [1.29, 1.82) is 0 Å². The maximum Gasteiger partial charge on any atom is 0.416 e. The Morgan fingerprint density at radius 1 is 1.21 bits per heavy atom. The highest BCUT2D eigenvalue weighted by atomic mass is 35.5. The molecule has 2 heterocycles. The lowest BCUT2D eigenvalue weighted by Crippen LogP contribution is -2.37. The number of anilines is 1. The van der Waals surface area contributed by atoms with Gasteiger partial charge in [0.2, 0.25) is 11.9 Å². The number of halogens is 5. The number of aromatic amines is 1. The minimum atomic E-state index is -4.51. The molecule has 1 saturated heterocycles. The lowest BCUT2D eigenvalue weighted by atomic mass is 9.96. The molecule has 0 unspecified atom stereocenters. The normalized spacial score (nSPS) is 15.5. The van der Waals surface area contributed by atoms with Gasteiger partial charge in [-0.15, -0.1) is 0 Å². The Hall–Kier alpha value is -3.18. The highest BCUT2D eigenvalue weighted by molar-refractivity contribution is 6.31. The van der Waals surface area contributed by atoms with Crippen molar-refractivity contribution in [1.82, 2.24) is 15.5 Å². The smallest absolute Gasteiger partial charge is 0.381 e. The van der Waals surface area contributed by atoms with E-state index < -0.39 is 17.6 Å². The van der Waals surface area contributed by atoms with E-state index in [4.69, 9.17) is 16.3 Å². The summed E-state index contributed by atoms with van der Waals surface area (Å²) in [6, 6.07) is 6.78. The topological polar surface area (TPSA) is 91.4 Å². The molecule has 0 radical (unpaired) electrons. The second kappa shape index (κ2) is 9.98. The van der Waals surface area contributed by atoms with Crippen LogP contribution in [0.1, 0.15) is 24.8 Å². The molecule has 1 aliphatic rings. The number of carbonyl (C=O) groups excluding carboxylic acids is 1. The van der Waals surface area contributed by atoms with Crippen LogP contribution in [0.3, 0.4) is 0 Å². The number of ether oxygens (including phenoxy) is 1. The van der Waals surface area contributed by atoms with Crippen LogP contribution in [0, 0.1) is 11.7 Å². The van der Waals surface area contributed by atoms with Gasteiger partial charge in [-0.1, -0.05) is 11.6 Å². The molecule has 1 aliphatic heterocycles. The van der Waals surface area contributed by atoms with Gasteiger partial charge < -0.3 is 10.1 Å². The van der Waals surface area contributed by atoms with Gasteiger partial charge in [-0.05, 0) is 55.2 Å². The number of nitrogens with one attached hydrogen (secondary N) is 3. The maximum atomic E-state index is 13.8. The number of benzene rings is 2. The first-order valence-corrected chi connectivity index (χ1v) is 10.8. The summed E-state index contributed by atoms with van der Waals surface area (Å²) < 4.78 is 58.1. The van der Waals surface area contributed by atoms with Crippen molar-refractivity contribution >= 4 is 45.9 Å². The summed E-state index contributed by atoms with van der Waals surface area (Å²) in [7, 11) is 0. The summed E-state index contributed by atoms with van der Waals surface area (Å²) >= 11 is 5.91. The molecule has 0 bridgehead atoms. The van der Waals surface area contributed by atoms with Gasteiger partial charge in [0, 0.05) is 35.7 Å². The van der Waals surface area contributed by atoms with Gasteiger partial charge in [0.15, 0.2) is 5.82 Å². The molecule has 0 atom stereocenters. The van der Waals surface area contributed by atoms with E-state index in [9.17, 15) is 22.4 Å². The van der Waals surface area contributed by atoms with Gasteiger partial charge in [-0.3, -0.25) is 15.2 Å². The van der Waals surface area contributed by atoms with Crippen LogP contribution in [0.5, 0.6) is 0 Å². The second-order valence-corrected chi connectivity index (χ2v) is 8.29. The van der Waals surface area contributed by atoms with Crippen molar-refractivity contribution in [3.8, 4) is 0 Å². The zero-order valence-electron chi connectivity index (χ0n) is 17.7. The number of rotatable bonds is 4. The van der Waals surface area contributed by atoms with E-state index in [0.717, 1.165) is 37.1 Å². The van der Waals surface area contributed by atoms with Gasteiger partial charge in [-0.2, -0.15) is 23.3 Å². The Morgan fingerprint density at radius 3 is 2.68 bits per heavy atom. The number of carbonyl (C=O) groups is 1. The van der Waals surface area contributed by atoms with Crippen LogP contribution in [-0.4, -0.2) is 35.3 Å². The first-order chi connectivity index (χ1) is 16.2. The fourth-order valence-electron chi connectivity index (χ4n) is 3.62. The minimum absolute atomic E-state index is 0.0418. The van der Waals surface area contributed by atoms with Gasteiger partial charge in [0.1, 0.15) is 5.82 Å². The van der Waals surface area contributed by atoms with Crippen molar-refractivity contribution in [2.24, 2.45) is 10.9 Å². The van der Waals surface area contributed by atoms with Crippen molar-refractivity contribution in [2.45, 2.75) is 25.4 Å². The number of fused-ring (bicyclic) bond motifs is 1. The summed E-state index contributed by atoms with van der Waals surface area (Å²) in [6.07, 6.45) is -2.79. The molecular formula is C22H20ClF4N5O2. The maximum absolute atomic E-state index is 13.8. The summed E-state index contributed by atoms with van der Waals surface area (Å²) in [5, 5.41) is 12.4. The zero-order valence-corrected chi connectivity index (χ0v) is 18.4. The van der Waals surface area contributed by atoms with Crippen LogP contribution >= 0.6 is 11.6 Å². The first kappa shape index (κ1) is 24.0. The number of H-pyrrole nitrogens is 1. The van der Waals surface area contributed by atoms with Gasteiger partial charge in [-0.25, -0.2) is 4.39 Å². The Bertz CT molecular complexity index is 1200. The molecule has 1 fully saturated rings. The molecule has 4 rings (SSSR count). The number of guanidine groups is 1. The molecule has 180 valence electrons. The summed E-state index contributed by atoms with van der Waals surface area (Å²) in [6.45, 7) is 1.16. The number of aromatic nitrogens is 2. The van der Waals surface area contributed by atoms with E-state index in [0.29, 0.717) is 18.6 Å². The largest absolute Gasteiger partial charge is 0.416 e. The third-order valence-electron chi connectivity index (χ3n) is 5.29. The van der Waals surface area contributed by atoms with E-state index in [2.05, 4.69) is 25.8 Å². The standard InChI is InChI=1S/C22H20ClF4N5O2/c23-14-9-15(24)11-16(10-14)28-21(29-19(33)7-12-3-5-34-6-4-12)30-20-17-2-1-13(22(25,26)27)8-18(17)31-32-20/h1-2,8-12H,3-7H2,(H3,28,29,30,31,32,33). The van der Waals surface area contributed by atoms with Crippen molar-refractivity contribution in [3.63, 3.8) is 0 Å². The molecule has 3 aromatic rings. The summed E-state index contributed by atoms with van der Waals surface area (Å²) in [5.41, 5.74) is -0.499. The molecule has 0 aliphatic carbocycles. The fourth-order valence-corrected chi connectivity index (χ4v) is 3.84. The number of alkyl halides is 3. The number of aliphatic imine (C=N–C) groups is 1. The van der Waals surface area contributed by atoms with Gasteiger partial charge in [0.25, 0.3) is 0 Å². The fraction of sp³-hybridized carbons (Fsp3) is 0.318. The second-order valence-electron chi connectivity index (χ2n) is 7.86. The van der Waals surface area contributed by atoms with Gasteiger partial charge in [0.05, 0.1) is 11.1 Å². The summed E-state index contributed by atoms with van der Waals surface area (Å²) in [5.74, 6) is -0.828. The van der Waals surface area contributed by atoms with Crippen molar-refractivity contribution < 1.29 is 27.1 Å². The quantitative estimate of drug-likeness (QED) is 0.255. The zero-order chi connectivity index (χ0) is 24.3. The van der Waals surface area contributed by atoms with E-state index in [1.807, 2.05) is 0 Å². The minimum Gasteiger partial charge on any atom is -0.381 e. The molecule has 34 heavy (non-hydrogen) atoms. The highest BCUT2D eigenvalue weighted by Crippen LogP contribution is 2.33. The third-order valence-corrected chi connectivity index (χ3v) is 5.50. The summed E-state index contributed by atoms with van der Waals surface area (Å²) in [4.78, 5) is 17.0. The van der Waals surface area contributed by atoms with E-state index >= 15 is 0 Å². The number of amides is 1. The predicted octanol–water partition coefficient (Wildman–Crippen LogP) is 5.41. The first-order valence-electron chi connectivity index (χ1n) is 10.4. The van der Waals surface area contributed by atoms with E-state index in [-0.39, 0.29) is 46.3 Å².